The molecule has 0 aromatic carbocycles. The molecule has 2 N–H and O–H groups in total. The van der Waals surface area contributed by atoms with Crippen LogP contribution in [0.1, 0.15) is 79.1 Å². The van der Waals surface area contributed by atoms with Gasteiger partial charge < -0.3 is 10.2 Å². The molecule has 3 heteroatoms. The number of rotatable bonds is 1. The summed E-state index contributed by atoms with van der Waals surface area (Å²) in [5.74, 6) is 2.53. The van der Waals surface area contributed by atoms with Gasteiger partial charge in [-0.15, -0.1) is 0 Å². The monoisotopic (exact) mass is 348 g/mol. The highest BCUT2D eigenvalue weighted by Crippen LogP contribution is 2.69. The van der Waals surface area contributed by atoms with Crippen molar-refractivity contribution in [2.45, 2.75) is 90.8 Å². The number of carbonyl (C=O) groups is 1. The molecule has 4 aliphatic carbocycles. The van der Waals surface area contributed by atoms with Gasteiger partial charge in [-0.05, 0) is 93.3 Å². The van der Waals surface area contributed by atoms with Gasteiger partial charge in [0, 0.05) is 5.41 Å². The summed E-state index contributed by atoms with van der Waals surface area (Å²) < 4.78 is 0. The molecular weight excluding hydrogens is 312 g/mol. The Balaban J connectivity index is 1.67. The minimum atomic E-state index is -1.14. The van der Waals surface area contributed by atoms with Crippen LogP contribution in [0, 0.1) is 40.4 Å². The van der Waals surface area contributed by atoms with E-state index in [1.165, 1.54) is 12.8 Å². The van der Waals surface area contributed by atoms with Gasteiger partial charge in [0.2, 0.25) is 0 Å². The predicted molar refractivity (Wildman–Crippen MR) is 97.9 cm³/mol. The van der Waals surface area contributed by atoms with Crippen LogP contribution in [-0.2, 0) is 4.79 Å². The van der Waals surface area contributed by atoms with Crippen molar-refractivity contribution in [3.05, 3.63) is 0 Å². The number of carbonyl (C=O) groups excluding carboxylic acids is 1. The maximum Gasteiger partial charge on any atom is 0.162 e. The summed E-state index contributed by atoms with van der Waals surface area (Å²) in [5.41, 5.74) is -1.04. The molecule has 4 aliphatic rings. The van der Waals surface area contributed by atoms with Crippen molar-refractivity contribution in [1.82, 2.24) is 0 Å². The molecule has 0 aromatic rings. The van der Waals surface area contributed by atoms with E-state index in [0.29, 0.717) is 29.1 Å². The highest BCUT2D eigenvalue weighted by atomic mass is 16.3. The zero-order valence-corrected chi connectivity index (χ0v) is 16.4. The minimum absolute atomic E-state index is 0.0239. The zero-order chi connectivity index (χ0) is 18.2. The van der Waals surface area contributed by atoms with Crippen LogP contribution in [-0.4, -0.2) is 27.7 Å². The number of hydrogen-bond donors (Lipinski definition) is 2. The second-order valence-corrected chi connectivity index (χ2v) is 10.5. The lowest BCUT2D eigenvalue weighted by atomic mass is 9.44. The van der Waals surface area contributed by atoms with E-state index in [4.69, 9.17) is 0 Å². The fraction of sp³-hybridized carbons (Fsp3) is 0.955. The average molecular weight is 349 g/mol. The van der Waals surface area contributed by atoms with E-state index in [1.807, 2.05) is 0 Å². The average Bonchev–Trinajstić information content (AvgIpc) is 2.77. The first-order valence-corrected chi connectivity index (χ1v) is 10.6. The first-order valence-electron chi connectivity index (χ1n) is 10.6. The van der Waals surface area contributed by atoms with Crippen molar-refractivity contribution in [3.63, 3.8) is 0 Å². The molecule has 9 atom stereocenters. The fourth-order valence-corrected chi connectivity index (χ4v) is 8.33. The standard InChI is InChI=1S/C22H36O3/c1-13-11-19-17-6-5-15-12-16(24)7-9-20(15,3)18(17)8-10-21(19,4)22(13,25)14(2)23/h13,15-19,24-25H,5-12H2,1-4H3/t13-,15+,16-,17-,18-,19+,20+,21+,22+/m1/s1. The Bertz CT molecular complexity index is 574. The molecule has 0 amide bonds. The Hall–Kier alpha value is -0.410. The Kier molecular flexibility index (Phi) is 3.99. The number of aliphatic hydroxyl groups is 2. The second kappa shape index (κ2) is 5.55. The fourth-order valence-electron chi connectivity index (χ4n) is 8.33. The Morgan fingerprint density at radius 3 is 2.40 bits per heavy atom. The summed E-state index contributed by atoms with van der Waals surface area (Å²) in [4.78, 5) is 12.4. The maximum atomic E-state index is 12.4. The zero-order valence-electron chi connectivity index (χ0n) is 16.4. The molecule has 0 heterocycles. The van der Waals surface area contributed by atoms with Crippen molar-refractivity contribution in [2.24, 2.45) is 40.4 Å². The Morgan fingerprint density at radius 2 is 1.72 bits per heavy atom. The van der Waals surface area contributed by atoms with Crippen LogP contribution in [0.25, 0.3) is 0 Å². The van der Waals surface area contributed by atoms with Gasteiger partial charge in [-0.2, -0.15) is 0 Å². The number of fused-ring (bicyclic) bond motifs is 5. The number of ketones is 1. The Morgan fingerprint density at radius 1 is 1.00 bits per heavy atom. The lowest BCUT2D eigenvalue weighted by molar-refractivity contribution is -0.175. The van der Waals surface area contributed by atoms with E-state index in [-0.39, 0.29) is 23.2 Å². The quantitative estimate of drug-likeness (QED) is 0.754. The molecule has 0 aliphatic heterocycles. The first-order chi connectivity index (χ1) is 11.6. The van der Waals surface area contributed by atoms with Crippen LogP contribution in [0.3, 0.4) is 0 Å². The van der Waals surface area contributed by atoms with Gasteiger partial charge in [-0.3, -0.25) is 4.79 Å². The summed E-state index contributed by atoms with van der Waals surface area (Å²) in [5, 5.41) is 21.6. The van der Waals surface area contributed by atoms with Crippen LogP contribution in [0.2, 0.25) is 0 Å². The van der Waals surface area contributed by atoms with E-state index in [2.05, 4.69) is 20.8 Å². The molecule has 0 saturated heterocycles. The lowest BCUT2D eigenvalue weighted by Gasteiger charge is -2.61. The number of Topliss-reactive ketones (excluding diaryl/α,β-unsaturated/α-hetero) is 1. The van der Waals surface area contributed by atoms with Crippen LogP contribution >= 0.6 is 0 Å². The van der Waals surface area contributed by atoms with E-state index in [0.717, 1.165) is 38.5 Å². The van der Waals surface area contributed by atoms with Gasteiger partial charge in [0.25, 0.3) is 0 Å². The smallest absolute Gasteiger partial charge is 0.162 e. The third-order valence-electron chi connectivity index (χ3n) is 9.76. The molecule has 0 radical (unpaired) electrons. The second-order valence-electron chi connectivity index (χ2n) is 10.5. The molecule has 4 fully saturated rings. The van der Waals surface area contributed by atoms with Crippen molar-refractivity contribution in [2.75, 3.05) is 0 Å². The summed E-state index contributed by atoms with van der Waals surface area (Å²) >= 11 is 0. The van der Waals surface area contributed by atoms with Gasteiger partial charge in [0.05, 0.1) is 6.10 Å². The van der Waals surface area contributed by atoms with E-state index in [9.17, 15) is 15.0 Å². The van der Waals surface area contributed by atoms with E-state index in [1.54, 1.807) is 6.92 Å². The van der Waals surface area contributed by atoms with Gasteiger partial charge >= 0.3 is 0 Å². The van der Waals surface area contributed by atoms with Crippen molar-refractivity contribution in [3.8, 4) is 0 Å². The van der Waals surface area contributed by atoms with Gasteiger partial charge in [0.1, 0.15) is 5.60 Å². The van der Waals surface area contributed by atoms with Crippen LogP contribution in [0.5, 0.6) is 0 Å². The van der Waals surface area contributed by atoms with Crippen LogP contribution in [0.15, 0.2) is 0 Å². The first kappa shape index (κ1) is 18.0. The minimum Gasteiger partial charge on any atom is -0.393 e. The molecule has 142 valence electrons. The summed E-state index contributed by atoms with van der Waals surface area (Å²) in [6, 6.07) is 0. The molecule has 0 unspecified atom stereocenters. The number of aliphatic hydroxyl groups excluding tert-OH is 1. The molecule has 0 spiro atoms. The largest absolute Gasteiger partial charge is 0.393 e. The highest BCUT2D eigenvalue weighted by molar-refractivity contribution is 5.86. The summed E-state index contributed by atoms with van der Waals surface area (Å²) in [7, 11) is 0. The van der Waals surface area contributed by atoms with Gasteiger partial charge in [-0.1, -0.05) is 20.8 Å². The number of hydrogen-bond acceptors (Lipinski definition) is 3. The molecule has 0 aromatic heterocycles. The summed E-state index contributed by atoms with van der Waals surface area (Å²) in [6.45, 7) is 8.37. The maximum absolute atomic E-state index is 12.4. The third kappa shape index (κ3) is 2.15. The third-order valence-corrected chi connectivity index (χ3v) is 9.76. The molecule has 4 saturated carbocycles. The van der Waals surface area contributed by atoms with Crippen LogP contribution < -0.4 is 0 Å². The molecular formula is C22H36O3. The topological polar surface area (TPSA) is 57.5 Å². The van der Waals surface area contributed by atoms with Gasteiger partial charge in [0.15, 0.2) is 5.78 Å². The van der Waals surface area contributed by atoms with Crippen molar-refractivity contribution in [1.29, 1.82) is 0 Å². The van der Waals surface area contributed by atoms with E-state index < -0.39 is 5.60 Å². The normalized spacial score (nSPS) is 58.2. The Labute approximate surface area is 152 Å². The van der Waals surface area contributed by atoms with Crippen molar-refractivity contribution < 1.29 is 15.0 Å². The molecule has 4 rings (SSSR count). The summed E-state index contributed by atoms with van der Waals surface area (Å²) in [6.07, 6.45) is 8.53. The van der Waals surface area contributed by atoms with Gasteiger partial charge in [-0.25, -0.2) is 0 Å². The van der Waals surface area contributed by atoms with E-state index >= 15 is 0 Å². The lowest BCUT2D eigenvalue weighted by Crippen LogP contribution is -2.59. The van der Waals surface area contributed by atoms with Crippen LogP contribution in [0.4, 0.5) is 0 Å². The molecule has 3 nitrogen and oxygen atoms in total. The predicted octanol–water partition coefficient (Wildman–Crippen LogP) is 3.96. The molecule has 25 heavy (non-hydrogen) atoms. The highest BCUT2D eigenvalue weighted by Gasteiger charge is 2.68. The van der Waals surface area contributed by atoms with Crippen molar-refractivity contribution >= 4 is 5.78 Å². The SMILES string of the molecule is CC(=O)[C@@]1(O)[C@H](C)C[C@H]2[C@@H]3CC[C@H]4C[C@H](O)CC[C@]4(C)[C@@H]3CC[C@@]21C. The molecule has 0 bridgehead atoms.